The average molecular weight is 257 g/mol. The molecule has 1 aromatic heterocycles. The van der Waals surface area contributed by atoms with Crippen molar-refractivity contribution in [1.82, 2.24) is 9.97 Å². The first-order valence-corrected chi connectivity index (χ1v) is 6.10. The predicted octanol–water partition coefficient (Wildman–Crippen LogP) is 0.497. The van der Waals surface area contributed by atoms with Crippen molar-refractivity contribution < 1.29 is 0 Å². The Morgan fingerprint density at radius 2 is 2.11 bits per heavy atom. The number of aromatic amines is 1. The van der Waals surface area contributed by atoms with Crippen LogP contribution in [0.2, 0.25) is 0 Å². The summed E-state index contributed by atoms with van der Waals surface area (Å²) in [7, 11) is 0. The van der Waals surface area contributed by atoms with Crippen LogP contribution in [0.3, 0.4) is 0 Å². The molecule has 0 saturated carbocycles. The van der Waals surface area contributed by atoms with Gasteiger partial charge in [0.25, 0.3) is 5.56 Å². The molecular weight excluding hydrogens is 242 g/mol. The third-order valence-corrected chi connectivity index (χ3v) is 3.41. The summed E-state index contributed by atoms with van der Waals surface area (Å²) in [4.78, 5) is 20.2. The van der Waals surface area contributed by atoms with Crippen LogP contribution < -0.4 is 21.9 Å². The second-order valence-corrected chi connectivity index (χ2v) is 4.67. The van der Waals surface area contributed by atoms with Crippen molar-refractivity contribution >= 4 is 17.2 Å². The van der Waals surface area contributed by atoms with Gasteiger partial charge in [-0.2, -0.15) is 0 Å². The smallest absolute Gasteiger partial charge is 0.276 e. The van der Waals surface area contributed by atoms with Gasteiger partial charge in [-0.25, -0.2) is 4.98 Å². The number of nitrogens with two attached hydrogens (primary N) is 2. The fourth-order valence-electron chi connectivity index (χ4n) is 2.41. The van der Waals surface area contributed by atoms with E-state index < -0.39 is 0 Å². The third kappa shape index (κ3) is 2.01. The van der Waals surface area contributed by atoms with E-state index in [9.17, 15) is 4.79 Å². The molecule has 0 aliphatic carbocycles. The number of rotatable bonds is 1. The first-order chi connectivity index (χ1) is 9.15. The van der Waals surface area contributed by atoms with Crippen LogP contribution in [-0.2, 0) is 13.0 Å². The summed E-state index contributed by atoms with van der Waals surface area (Å²) < 4.78 is 0. The molecule has 1 aromatic carbocycles. The Hall–Kier alpha value is -2.50. The first-order valence-electron chi connectivity index (χ1n) is 6.10. The van der Waals surface area contributed by atoms with Crippen LogP contribution in [0.4, 0.5) is 17.2 Å². The molecule has 0 radical (unpaired) electrons. The maximum absolute atomic E-state index is 11.5. The molecule has 1 aliphatic heterocycles. The van der Waals surface area contributed by atoms with Gasteiger partial charge in [0, 0.05) is 18.8 Å². The summed E-state index contributed by atoms with van der Waals surface area (Å²) in [5.74, 6) is 0.539. The fourth-order valence-corrected chi connectivity index (χ4v) is 2.41. The van der Waals surface area contributed by atoms with Gasteiger partial charge >= 0.3 is 0 Å². The lowest BCUT2D eigenvalue weighted by molar-refractivity contribution is 0.720. The molecule has 0 fully saturated rings. The molecule has 3 rings (SSSR count). The number of nitrogen functional groups attached to an aromatic ring is 2. The van der Waals surface area contributed by atoms with Gasteiger partial charge in [-0.1, -0.05) is 6.07 Å². The zero-order chi connectivity index (χ0) is 13.4. The summed E-state index contributed by atoms with van der Waals surface area (Å²) >= 11 is 0. The molecule has 6 nitrogen and oxygen atoms in total. The summed E-state index contributed by atoms with van der Waals surface area (Å²) in [5, 5.41) is 0. The normalized spacial score (nSPS) is 14.2. The van der Waals surface area contributed by atoms with Crippen LogP contribution in [0.5, 0.6) is 0 Å². The largest absolute Gasteiger partial charge is 0.399 e. The molecule has 0 amide bonds. The van der Waals surface area contributed by atoms with E-state index in [4.69, 9.17) is 11.5 Å². The molecule has 0 spiro atoms. The molecule has 2 aromatic rings. The zero-order valence-corrected chi connectivity index (χ0v) is 10.4. The minimum absolute atomic E-state index is 0.162. The highest BCUT2D eigenvalue weighted by Crippen LogP contribution is 2.26. The van der Waals surface area contributed by atoms with Crippen molar-refractivity contribution in [2.75, 3.05) is 22.9 Å². The number of hydrogen-bond acceptors (Lipinski definition) is 5. The van der Waals surface area contributed by atoms with Crippen LogP contribution in [-0.4, -0.2) is 16.5 Å². The third-order valence-electron chi connectivity index (χ3n) is 3.41. The van der Waals surface area contributed by atoms with E-state index >= 15 is 0 Å². The number of fused-ring (bicyclic) bond motifs is 1. The molecule has 0 bridgehead atoms. The van der Waals surface area contributed by atoms with E-state index in [0.717, 1.165) is 24.2 Å². The molecule has 6 heteroatoms. The van der Waals surface area contributed by atoms with Crippen LogP contribution in [0.15, 0.2) is 29.3 Å². The standard InChI is InChI=1S/C13H15N5O/c14-10-2-1-8-3-4-18(6-9(8)5-10)12-11(15)13(19)17-7-16-12/h1-2,5,7H,3-4,6,14-15H2,(H,16,17,19). The Labute approximate surface area is 110 Å². The maximum Gasteiger partial charge on any atom is 0.276 e. The van der Waals surface area contributed by atoms with Crippen molar-refractivity contribution in [2.24, 2.45) is 0 Å². The average Bonchev–Trinajstić information content (AvgIpc) is 2.41. The number of nitrogens with zero attached hydrogens (tertiary/aromatic N) is 2. The molecule has 2 heterocycles. The van der Waals surface area contributed by atoms with Gasteiger partial charge in [0.05, 0.1) is 6.33 Å². The summed E-state index contributed by atoms with van der Waals surface area (Å²) in [6.45, 7) is 1.46. The second-order valence-electron chi connectivity index (χ2n) is 4.67. The van der Waals surface area contributed by atoms with Crippen LogP contribution in [0, 0.1) is 0 Å². The molecule has 0 atom stereocenters. The van der Waals surface area contributed by atoms with Crippen molar-refractivity contribution in [3.05, 3.63) is 46.0 Å². The molecule has 0 unspecified atom stereocenters. The number of anilines is 3. The number of nitrogens with one attached hydrogen (secondary N) is 1. The summed E-state index contributed by atoms with van der Waals surface area (Å²) in [6, 6.07) is 5.93. The molecule has 1 aliphatic rings. The van der Waals surface area contributed by atoms with Gasteiger partial charge in [-0.3, -0.25) is 4.79 Å². The highest BCUT2D eigenvalue weighted by atomic mass is 16.1. The van der Waals surface area contributed by atoms with E-state index in [-0.39, 0.29) is 11.2 Å². The Balaban J connectivity index is 1.97. The fraction of sp³-hybridized carbons (Fsp3) is 0.231. The monoisotopic (exact) mass is 257 g/mol. The Morgan fingerprint density at radius 3 is 2.95 bits per heavy atom. The number of H-pyrrole nitrogens is 1. The molecule has 98 valence electrons. The van der Waals surface area contributed by atoms with Gasteiger partial charge in [0.2, 0.25) is 0 Å². The minimum Gasteiger partial charge on any atom is -0.399 e. The Morgan fingerprint density at radius 1 is 1.26 bits per heavy atom. The Kier molecular flexibility index (Phi) is 2.63. The lowest BCUT2D eigenvalue weighted by atomic mass is 9.99. The molecule has 19 heavy (non-hydrogen) atoms. The van der Waals surface area contributed by atoms with Crippen molar-refractivity contribution in [1.29, 1.82) is 0 Å². The predicted molar refractivity (Wildman–Crippen MR) is 74.9 cm³/mol. The SMILES string of the molecule is Nc1ccc2c(c1)CN(c1nc[nH]c(=O)c1N)CC2. The summed E-state index contributed by atoms with van der Waals surface area (Å²) in [5.41, 5.74) is 14.6. The zero-order valence-electron chi connectivity index (χ0n) is 10.4. The van der Waals surface area contributed by atoms with Gasteiger partial charge < -0.3 is 21.4 Å². The van der Waals surface area contributed by atoms with Crippen molar-refractivity contribution in [3.63, 3.8) is 0 Å². The topological polar surface area (TPSA) is 101 Å². The first kappa shape index (κ1) is 11.6. The van der Waals surface area contributed by atoms with Gasteiger partial charge in [0.1, 0.15) is 5.69 Å². The minimum atomic E-state index is -0.302. The maximum atomic E-state index is 11.5. The van der Waals surface area contributed by atoms with E-state index in [0.29, 0.717) is 12.4 Å². The molecular formula is C13H15N5O. The van der Waals surface area contributed by atoms with E-state index in [1.165, 1.54) is 11.9 Å². The Bertz CT molecular complexity index is 679. The van der Waals surface area contributed by atoms with E-state index in [1.807, 2.05) is 17.0 Å². The van der Waals surface area contributed by atoms with Crippen LogP contribution >= 0.6 is 0 Å². The number of hydrogen-bond donors (Lipinski definition) is 3. The van der Waals surface area contributed by atoms with E-state index in [2.05, 4.69) is 16.0 Å². The van der Waals surface area contributed by atoms with Crippen molar-refractivity contribution in [2.45, 2.75) is 13.0 Å². The van der Waals surface area contributed by atoms with E-state index in [1.54, 1.807) is 0 Å². The molecule has 5 N–H and O–H groups in total. The van der Waals surface area contributed by atoms with Crippen LogP contribution in [0.1, 0.15) is 11.1 Å². The second kappa shape index (κ2) is 4.31. The highest BCUT2D eigenvalue weighted by Gasteiger charge is 2.20. The summed E-state index contributed by atoms with van der Waals surface area (Å²) in [6.07, 6.45) is 2.27. The van der Waals surface area contributed by atoms with Crippen molar-refractivity contribution in [3.8, 4) is 0 Å². The molecule has 0 saturated heterocycles. The number of aromatic nitrogens is 2. The number of benzene rings is 1. The van der Waals surface area contributed by atoms with Gasteiger partial charge in [-0.05, 0) is 29.7 Å². The lowest BCUT2D eigenvalue weighted by Gasteiger charge is -2.30. The lowest BCUT2D eigenvalue weighted by Crippen LogP contribution is -2.33. The van der Waals surface area contributed by atoms with Crippen LogP contribution in [0.25, 0.3) is 0 Å². The highest BCUT2D eigenvalue weighted by molar-refractivity contribution is 5.62. The van der Waals surface area contributed by atoms with Gasteiger partial charge in [-0.15, -0.1) is 0 Å². The quantitative estimate of drug-likeness (QED) is 0.646. The van der Waals surface area contributed by atoms with Gasteiger partial charge in [0.15, 0.2) is 5.82 Å².